The van der Waals surface area contributed by atoms with E-state index in [4.69, 9.17) is 0 Å². The van der Waals surface area contributed by atoms with Crippen molar-refractivity contribution in [3.8, 4) is 0 Å². The lowest BCUT2D eigenvalue weighted by atomic mass is 9.82. The largest absolute Gasteiger partial charge is 0.550 e. The first kappa shape index (κ1) is 14.9. The van der Waals surface area contributed by atoms with Crippen molar-refractivity contribution in [2.75, 3.05) is 5.32 Å². The fourth-order valence-corrected chi connectivity index (χ4v) is 4.60. The van der Waals surface area contributed by atoms with Crippen LogP contribution in [0.2, 0.25) is 0 Å². The standard InChI is InChI=1S/C17H16N2O5/c20-15(18-9-2-1-3-10(8-9)19(23)24)13-11-4-5-12(14(13)16(21)22)17(11)6-7-17/h1-5,8,11-14H,6-7H2,(H,18,20)(H,21,22)/p-1/t11-,12+,13-,14+/m1/s1. The predicted octanol–water partition coefficient (Wildman–Crippen LogP) is 1.11. The molecule has 0 aliphatic heterocycles. The molecule has 7 heteroatoms. The van der Waals surface area contributed by atoms with Crippen LogP contribution in [0.4, 0.5) is 11.4 Å². The van der Waals surface area contributed by atoms with Crippen LogP contribution in [0.3, 0.4) is 0 Å². The number of anilines is 1. The molecule has 2 fully saturated rings. The topological polar surface area (TPSA) is 112 Å². The summed E-state index contributed by atoms with van der Waals surface area (Å²) >= 11 is 0. The summed E-state index contributed by atoms with van der Waals surface area (Å²) in [5.74, 6) is -3.37. The van der Waals surface area contributed by atoms with Crippen LogP contribution in [0.5, 0.6) is 0 Å². The molecule has 24 heavy (non-hydrogen) atoms. The van der Waals surface area contributed by atoms with Gasteiger partial charge < -0.3 is 15.2 Å². The Morgan fingerprint density at radius 3 is 2.42 bits per heavy atom. The average molecular weight is 327 g/mol. The summed E-state index contributed by atoms with van der Waals surface area (Å²) in [6.45, 7) is 0. The lowest BCUT2D eigenvalue weighted by Gasteiger charge is -2.27. The summed E-state index contributed by atoms with van der Waals surface area (Å²) in [6, 6.07) is 5.63. The molecular formula is C17H15N2O5-. The van der Waals surface area contributed by atoms with E-state index in [1.807, 2.05) is 12.2 Å². The van der Waals surface area contributed by atoms with Crippen molar-refractivity contribution in [2.24, 2.45) is 29.1 Å². The number of carbonyl (C=O) groups is 2. The van der Waals surface area contributed by atoms with E-state index < -0.39 is 28.6 Å². The van der Waals surface area contributed by atoms with Crippen molar-refractivity contribution in [3.05, 3.63) is 46.5 Å². The van der Waals surface area contributed by atoms with Gasteiger partial charge in [-0.3, -0.25) is 14.9 Å². The molecule has 2 saturated carbocycles. The molecular weight excluding hydrogens is 312 g/mol. The van der Waals surface area contributed by atoms with Crippen molar-refractivity contribution < 1.29 is 19.6 Å². The molecule has 1 aromatic carbocycles. The van der Waals surface area contributed by atoms with Gasteiger partial charge in [-0.1, -0.05) is 18.2 Å². The van der Waals surface area contributed by atoms with Gasteiger partial charge in [-0.15, -0.1) is 0 Å². The number of carbonyl (C=O) groups excluding carboxylic acids is 2. The number of aliphatic carboxylic acids is 1. The number of nitro benzene ring substituents is 1. The summed E-state index contributed by atoms with van der Waals surface area (Å²) < 4.78 is 0. The van der Waals surface area contributed by atoms with Crippen LogP contribution < -0.4 is 10.4 Å². The summed E-state index contributed by atoms with van der Waals surface area (Å²) in [5.41, 5.74) is 0.0775. The fourth-order valence-electron chi connectivity index (χ4n) is 4.60. The third-order valence-electron chi connectivity index (χ3n) is 5.74. The van der Waals surface area contributed by atoms with Gasteiger partial charge in [0.25, 0.3) is 5.69 Å². The second-order valence-electron chi connectivity index (χ2n) is 6.84. The van der Waals surface area contributed by atoms with Crippen molar-refractivity contribution >= 4 is 23.3 Å². The lowest BCUT2D eigenvalue weighted by Crippen LogP contribution is -2.42. The van der Waals surface area contributed by atoms with Crippen LogP contribution in [0.15, 0.2) is 36.4 Å². The summed E-state index contributed by atoms with van der Waals surface area (Å²) in [4.78, 5) is 34.6. The maximum atomic E-state index is 12.7. The summed E-state index contributed by atoms with van der Waals surface area (Å²) in [7, 11) is 0. The van der Waals surface area contributed by atoms with Crippen molar-refractivity contribution in [2.45, 2.75) is 12.8 Å². The van der Waals surface area contributed by atoms with E-state index in [1.54, 1.807) is 6.07 Å². The minimum atomic E-state index is -1.20. The molecule has 0 radical (unpaired) electrons. The number of amides is 1. The molecule has 0 unspecified atom stereocenters. The first-order chi connectivity index (χ1) is 11.4. The average Bonchev–Trinajstić information content (AvgIpc) is 3.20. The maximum absolute atomic E-state index is 12.7. The molecule has 3 aliphatic rings. The lowest BCUT2D eigenvalue weighted by molar-refractivity contribution is -0.384. The van der Waals surface area contributed by atoms with Gasteiger partial charge >= 0.3 is 0 Å². The van der Waals surface area contributed by atoms with Crippen LogP contribution in [-0.4, -0.2) is 16.8 Å². The van der Waals surface area contributed by atoms with Gasteiger partial charge in [-0.25, -0.2) is 0 Å². The third kappa shape index (κ3) is 1.97. The molecule has 1 spiro atoms. The normalized spacial score (nSPS) is 31.2. The Balaban J connectivity index is 1.60. The van der Waals surface area contributed by atoms with Crippen LogP contribution in [-0.2, 0) is 9.59 Å². The van der Waals surface area contributed by atoms with Crippen molar-refractivity contribution in [1.29, 1.82) is 0 Å². The van der Waals surface area contributed by atoms with Gasteiger partial charge in [-0.05, 0) is 36.2 Å². The molecule has 0 saturated heterocycles. The molecule has 3 aliphatic carbocycles. The summed E-state index contributed by atoms with van der Waals surface area (Å²) in [6.07, 6.45) is 5.73. The quantitative estimate of drug-likeness (QED) is 0.506. The summed E-state index contributed by atoms with van der Waals surface area (Å²) in [5, 5.41) is 25.1. The number of rotatable bonds is 4. The SMILES string of the molecule is O=C([O-])[C@@H]1[C@H](C(=O)Nc2cccc([N+](=O)[O-])c2)[C@H]2C=C[C@@H]1C21CC1. The zero-order valence-corrected chi connectivity index (χ0v) is 12.7. The second-order valence-corrected chi connectivity index (χ2v) is 6.84. The van der Waals surface area contributed by atoms with E-state index in [0.717, 1.165) is 12.8 Å². The first-order valence-corrected chi connectivity index (χ1v) is 7.88. The Morgan fingerprint density at radius 2 is 1.83 bits per heavy atom. The fraction of sp³-hybridized carbons (Fsp3) is 0.412. The van der Waals surface area contributed by atoms with E-state index in [0.29, 0.717) is 5.69 Å². The number of allylic oxidation sites excluding steroid dienone is 2. The molecule has 124 valence electrons. The van der Waals surface area contributed by atoms with Gasteiger partial charge in [0, 0.05) is 29.7 Å². The Bertz CT molecular complexity index is 783. The Labute approximate surface area is 137 Å². The molecule has 1 amide bonds. The van der Waals surface area contributed by atoms with Crippen LogP contribution in [0.1, 0.15) is 12.8 Å². The molecule has 7 nitrogen and oxygen atoms in total. The Morgan fingerprint density at radius 1 is 1.17 bits per heavy atom. The molecule has 1 N–H and O–H groups in total. The molecule has 1 aromatic rings. The Kier molecular flexibility index (Phi) is 3.03. The molecule has 0 heterocycles. The number of nitrogens with one attached hydrogen (secondary N) is 1. The van der Waals surface area contributed by atoms with Crippen LogP contribution in [0, 0.1) is 39.2 Å². The van der Waals surface area contributed by atoms with E-state index in [-0.39, 0.29) is 22.9 Å². The van der Waals surface area contributed by atoms with Gasteiger partial charge in [0.1, 0.15) is 0 Å². The third-order valence-corrected chi connectivity index (χ3v) is 5.74. The van der Waals surface area contributed by atoms with E-state index >= 15 is 0 Å². The number of hydrogen-bond donors (Lipinski definition) is 1. The molecule has 2 bridgehead atoms. The minimum absolute atomic E-state index is 0.0879. The highest BCUT2D eigenvalue weighted by Gasteiger charge is 2.68. The maximum Gasteiger partial charge on any atom is 0.271 e. The van der Waals surface area contributed by atoms with Gasteiger partial charge in [0.05, 0.1) is 10.8 Å². The number of carboxylic acid groups (broad SMARTS) is 1. The van der Waals surface area contributed by atoms with Crippen molar-refractivity contribution in [1.82, 2.24) is 0 Å². The number of hydrogen-bond acceptors (Lipinski definition) is 5. The van der Waals surface area contributed by atoms with Crippen molar-refractivity contribution in [3.63, 3.8) is 0 Å². The smallest absolute Gasteiger partial charge is 0.271 e. The zero-order chi connectivity index (χ0) is 17.1. The van der Waals surface area contributed by atoms with E-state index in [1.165, 1.54) is 18.2 Å². The number of nitrogens with zero attached hydrogens (tertiary/aromatic N) is 1. The Hall–Kier alpha value is -2.70. The highest BCUT2D eigenvalue weighted by Crippen LogP contribution is 2.71. The number of nitro groups is 1. The van der Waals surface area contributed by atoms with Crippen LogP contribution in [0.25, 0.3) is 0 Å². The van der Waals surface area contributed by atoms with Gasteiger partial charge in [0.15, 0.2) is 0 Å². The monoisotopic (exact) mass is 327 g/mol. The molecule has 4 atom stereocenters. The highest BCUT2D eigenvalue weighted by molar-refractivity contribution is 5.96. The second kappa shape index (κ2) is 4.90. The highest BCUT2D eigenvalue weighted by atomic mass is 16.6. The molecule has 0 aromatic heterocycles. The van der Waals surface area contributed by atoms with E-state index in [9.17, 15) is 24.8 Å². The number of benzene rings is 1. The minimum Gasteiger partial charge on any atom is -0.550 e. The zero-order valence-electron chi connectivity index (χ0n) is 12.7. The van der Waals surface area contributed by atoms with Gasteiger partial charge in [0.2, 0.25) is 5.91 Å². The number of non-ortho nitro benzene ring substituents is 1. The molecule has 4 rings (SSSR count). The predicted molar refractivity (Wildman–Crippen MR) is 81.5 cm³/mol. The van der Waals surface area contributed by atoms with Crippen LogP contribution >= 0.6 is 0 Å². The van der Waals surface area contributed by atoms with E-state index in [2.05, 4.69) is 5.32 Å². The van der Waals surface area contributed by atoms with Gasteiger partial charge in [-0.2, -0.15) is 0 Å². The first-order valence-electron chi connectivity index (χ1n) is 7.88. The number of carboxylic acids is 1.